The predicted octanol–water partition coefficient (Wildman–Crippen LogP) is 0.952. The van der Waals surface area contributed by atoms with Crippen molar-refractivity contribution in [3.05, 3.63) is 28.8 Å². The molecule has 0 atom stereocenters. The molecule has 0 saturated carbocycles. The first-order chi connectivity index (χ1) is 9.17. The van der Waals surface area contributed by atoms with Crippen LogP contribution in [0.2, 0.25) is 5.02 Å². The number of likely N-dealkylation sites (N-methyl/N-ethyl adjacent to an activating group) is 1. The van der Waals surface area contributed by atoms with Crippen LogP contribution in [0.5, 0.6) is 5.75 Å². The Hall–Kier alpha value is -1.40. The zero-order chi connectivity index (χ0) is 14.1. The van der Waals surface area contributed by atoms with Gasteiger partial charge in [0.25, 0.3) is 0 Å². The average molecular weight is 283 g/mol. The fourth-order valence-corrected chi connectivity index (χ4v) is 1.68. The van der Waals surface area contributed by atoms with Gasteiger partial charge in [-0.25, -0.2) is 0 Å². The molecule has 0 aliphatic carbocycles. The standard InChI is InChI=1S/C12H16BClN2O3/c1-2-16-12(17)7-19-11-4-3-10(14)5-9(11)6-15-8-13-18/h3-5,15H,2,6-8H2,1H3,(H,16,17). The summed E-state index contributed by atoms with van der Waals surface area (Å²) in [5, 5.41) is 6.15. The number of halogens is 1. The van der Waals surface area contributed by atoms with Gasteiger partial charge in [-0.2, -0.15) is 0 Å². The molecular formula is C12H16BClN2O3. The second-order valence-corrected chi connectivity index (χ2v) is 4.23. The van der Waals surface area contributed by atoms with Crippen molar-refractivity contribution in [1.29, 1.82) is 0 Å². The number of hydrogen-bond donors (Lipinski definition) is 2. The van der Waals surface area contributed by atoms with Crippen molar-refractivity contribution in [2.75, 3.05) is 19.6 Å². The molecule has 0 unspecified atom stereocenters. The molecule has 0 aliphatic rings. The Morgan fingerprint density at radius 3 is 2.95 bits per heavy atom. The number of rotatable bonds is 8. The summed E-state index contributed by atoms with van der Waals surface area (Å²) < 4.78 is 15.7. The quantitative estimate of drug-likeness (QED) is 0.550. The van der Waals surface area contributed by atoms with Gasteiger partial charge in [-0.3, -0.25) is 0 Å². The van der Waals surface area contributed by atoms with Crippen molar-refractivity contribution in [3.8, 4) is 5.75 Å². The number of hydrogen-bond acceptors (Lipinski definition) is 4. The van der Waals surface area contributed by atoms with E-state index in [1.807, 2.05) is 6.92 Å². The third-order valence-electron chi connectivity index (χ3n) is 2.30. The van der Waals surface area contributed by atoms with E-state index in [1.165, 1.54) is 0 Å². The summed E-state index contributed by atoms with van der Waals surface area (Å²) in [4.78, 5) is 11.3. The topological polar surface area (TPSA) is 67.4 Å². The van der Waals surface area contributed by atoms with Crippen LogP contribution >= 0.6 is 11.6 Å². The van der Waals surface area contributed by atoms with E-state index in [9.17, 15) is 9.50 Å². The van der Waals surface area contributed by atoms with Crippen LogP contribution in [0.3, 0.4) is 0 Å². The minimum atomic E-state index is -0.177. The maximum absolute atomic E-state index is 11.3. The molecule has 0 bridgehead atoms. The molecule has 1 aromatic carbocycles. The normalized spacial score (nSPS) is 9.79. The van der Waals surface area contributed by atoms with E-state index in [2.05, 4.69) is 10.6 Å². The van der Waals surface area contributed by atoms with Crippen LogP contribution < -0.4 is 15.4 Å². The van der Waals surface area contributed by atoms with Crippen LogP contribution in [0.1, 0.15) is 12.5 Å². The molecule has 2 N–H and O–H groups in total. The van der Waals surface area contributed by atoms with Gasteiger partial charge in [0, 0.05) is 0 Å². The number of carbonyl (C=O) groups excluding carboxylic acids is 1. The van der Waals surface area contributed by atoms with Gasteiger partial charge in [-0.05, 0) is 0 Å². The molecule has 0 radical (unpaired) electrons. The Morgan fingerprint density at radius 1 is 1.47 bits per heavy atom. The second kappa shape index (κ2) is 8.66. The van der Waals surface area contributed by atoms with Gasteiger partial charge in [-0.1, -0.05) is 0 Å². The zero-order valence-electron chi connectivity index (χ0n) is 10.7. The third-order valence-corrected chi connectivity index (χ3v) is 2.53. The fraction of sp³-hybridized carbons (Fsp3) is 0.417. The summed E-state index contributed by atoms with van der Waals surface area (Å²) in [7, 11) is 0.778. The first-order valence-electron chi connectivity index (χ1n) is 5.99. The Morgan fingerprint density at radius 2 is 2.26 bits per heavy atom. The summed E-state index contributed by atoms with van der Waals surface area (Å²) in [5.41, 5.74) is 0.804. The molecule has 0 spiro atoms. The molecule has 0 saturated heterocycles. The van der Waals surface area contributed by atoms with Gasteiger partial charge in [0.05, 0.1) is 0 Å². The van der Waals surface area contributed by atoms with Crippen LogP contribution in [0.25, 0.3) is 0 Å². The molecule has 19 heavy (non-hydrogen) atoms. The predicted molar refractivity (Wildman–Crippen MR) is 73.8 cm³/mol. The van der Waals surface area contributed by atoms with Crippen LogP contribution in [0.15, 0.2) is 18.2 Å². The summed E-state index contributed by atoms with van der Waals surface area (Å²) in [5.74, 6) is 0.401. The Bertz CT molecular complexity index is 443. The number of ether oxygens (including phenoxy) is 1. The maximum atomic E-state index is 11.3. The van der Waals surface area contributed by atoms with Crippen molar-refractivity contribution in [2.45, 2.75) is 13.5 Å². The SMILES string of the molecule is CCNC(=O)COc1ccc(Cl)cc1CNCB=O. The number of carbonyl (C=O) groups is 1. The molecule has 0 heterocycles. The summed E-state index contributed by atoms with van der Waals surface area (Å²) in [6.07, 6.45) is 0.252. The Balaban J connectivity index is 2.64. The minimum absolute atomic E-state index is 0.0455. The van der Waals surface area contributed by atoms with Crippen LogP contribution in [0.4, 0.5) is 0 Å². The molecule has 1 rings (SSSR count). The molecular weight excluding hydrogens is 266 g/mol. The molecule has 1 amide bonds. The number of benzene rings is 1. The van der Waals surface area contributed by atoms with Crippen molar-refractivity contribution in [3.63, 3.8) is 0 Å². The number of amides is 1. The van der Waals surface area contributed by atoms with Gasteiger partial charge >= 0.3 is 117 Å². The van der Waals surface area contributed by atoms with Crippen molar-refractivity contribution < 1.29 is 14.2 Å². The summed E-state index contributed by atoms with van der Waals surface area (Å²) in [6.45, 7) is 2.81. The van der Waals surface area contributed by atoms with E-state index in [0.29, 0.717) is 23.9 Å². The summed E-state index contributed by atoms with van der Waals surface area (Å²) >= 11 is 5.91. The molecule has 102 valence electrons. The van der Waals surface area contributed by atoms with E-state index in [-0.39, 0.29) is 19.0 Å². The van der Waals surface area contributed by atoms with E-state index in [4.69, 9.17) is 16.3 Å². The van der Waals surface area contributed by atoms with E-state index >= 15 is 0 Å². The molecule has 7 heteroatoms. The Kier molecular flexibility index (Phi) is 7.14. The van der Waals surface area contributed by atoms with Gasteiger partial charge in [0.1, 0.15) is 0 Å². The van der Waals surface area contributed by atoms with Gasteiger partial charge < -0.3 is 0 Å². The fourth-order valence-electron chi connectivity index (χ4n) is 1.48. The van der Waals surface area contributed by atoms with E-state index in [0.717, 1.165) is 12.7 Å². The van der Waals surface area contributed by atoms with Gasteiger partial charge in [-0.15, -0.1) is 0 Å². The number of nitrogens with one attached hydrogen (secondary N) is 2. The molecule has 5 nitrogen and oxygen atoms in total. The third kappa shape index (κ3) is 5.85. The Labute approximate surface area is 117 Å². The van der Waals surface area contributed by atoms with Crippen LogP contribution in [0, 0.1) is 0 Å². The first-order valence-corrected chi connectivity index (χ1v) is 6.37. The molecule has 0 fully saturated rings. The van der Waals surface area contributed by atoms with Crippen LogP contribution in [-0.2, 0) is 16.0 Å². The van der Waals surface area contributed by atoms with Gasteiger partial charge in [0.15, 0.2) is 0 Å². The van der Waals surface area contributed by atoms with Crippen molar-refractivity contribution in [2.24, 2.45) is 0 Å². The monoisotopic (exact) mass is 282 g/mol. The van der Waals surface area contributed by atoms with E-state index < -0.39 is 0 Å². The molecule has 0 aromatic heterocycles. The molecule has 0 aliphatic heterocycles. The average Bonchev–Trinajstić information content (AvgIpc) is 2.38. The summed E-state index contributed by atoms with van der Waals surface area (Å²) in [6, 6.07) is 5.14. The zero-order valence-corrected chi connectivity index (χ0v) is 11.5. The van der Waals surface area contributed by atoms with Crippen LogP contribution in [-0.4, -0.2) is 32.7 Å². The second-order valence-electron chi connectivity index (χ2n) is 3.79. The first kappa shape index (κ1) is 15.7. The van der Waals surface area contributed by atoms with E-state index in [1.54, 1.807) is 18.2 Å². The molecule has 1 aromatic rings. The van der Waals surface area contributed by atoms with Crippen molar-refractivity contribution in [1.82, 2.24) is 10.6 Å². The van der Waals surface area contributed by atoms with Gasteiger partial charge in [0.2, 0.25) is 0 Å². The van der Waals surface area contributed by atoms with Crippen molar-refractivity contribution >= 4 is 24.7 Å².